The van der Waals surface area contributed by atoms with Crippen LogP contribution in [-0.2, 0) is 44.4 Å². The summed E-state index contributed by atoms with van der Waals surface area (Å²) in [7, 11) is 3.84. The van der Waals surface area contributed by atoms with Crippen molar-refractivity contribution in [1.82, 2.24) is 14.5 Å². The number of carbonyl (C=O) groups excluding carboxylic acids is 2. The van der Waals surface area contributed by atoms with E-state index in [1.54, 1.807) is 29.7 Å². The maximum absolute atomic E-state index is 13.5. The summed E-state index contributed by atoms with van der Waals surface area (Å²) in [6, 6.07) is 7.06. The highest BCUT2D eigenvalue weighted by molar-refractivity contribution is 5.90. The van der Waals surface area contributed by atoms with Crippen LogP contribution in [0.1, 0.15) is 42.5 Å². The number of aromatic hydroxyl groups is 1. The van der Waals surface area contributed by atoms with E-state index in [4.69, 9.17) is 14.5 Å². The predicted molar refractivity (Wildman–Crippen MR) is 123 cm³/mol. The molecule has 0 amide bonds. The molecule has 34 heavy (non-hydrogen) atoms. The Hall–Kier alpha value is -3.72. The first kappa shape index (κ1) is 22.1. The minimum Gasteiger partial charge on any atom is -0.508 e. The van der Waals surface area contributed by atoms with Crippen LogP contribution in [0.2, 0.25) is 0 Å². The van der Waals surface area contributed by atoms with E-state index in [0.29, 0.717) is 41.1 Å². The predicted octanol–water partition coefficient (Wildman–Crippen LogP) is 2.42. The number of phenols is 1. The summed E-state index contributed by atoms with van der Waals surface area (Å²) in [5.41, 5.74) is 2.15. The maximum Gasteiger partial charge on any atom is 0.355 e. The van der Waals surface area contributed by atoms with Crippen LogP contribution in [-0.4, -0.2) is 45.6 Å². The van der Waals surface area contributed by atoms with Crippen molar-refractivity contribution in [2.75, 3.05) is 14.1 Å². The van der Waals surface area contributed by atoms with Gasteiger partial charge in [-0.1, -0.05) is 6.92 Å². The molecule has 0 saturated heterocycles. The number of rotatable bonds is 4. The molecule has 0 spiro atoms. The molecule has 9 nitrogen and oxygen atoms in total. The zero-order chi connectivity index (χ0) is 24.4. The van der Waals surface area contributed by atoms with Crippen LogP contribution in [0, 0.1) is 0 Å². The van der Waals surface area contributed by atoms with Gasteiger partial charge in [-0.25, -0.2) is 9.78 Å². The minimum atomic E-state index is -1.67. The monoisotopic (exact) mass is 463 g/mol. The first-order chi connectivity index (χ1) is 16.2. The van der Waals surface area contributed by atoms with Crippen molar-refractivity contribution in [3.63, 3.8) is 0 Å². The summed E-state index contributed by atoms with van der Waals surface area (Å²) in [6.45, 7) is 3.59. The molecule has 0 unspecified atom stereocenters. The highest BCUT2D eigenvalue weighted by Gasteiger charge is 2.50. The Morgan fingerprint density at radius 3 is 2.74 bits per heavy atom. The SMILES string of the molecule is CC[C@@]1(OC(C)=O)C(=O)OCc2c1cc1n(c2=O)Cc2cc3c(CN(C)C)c(O)ccc3nc2-1. The first-order valence-corrected chi connectivity index (χ1v) is 11.1. The molecule has 2 aromatic heterocycles. The van der Waals surface area contributed by atoms with Crippen molar-refractivity contribution in [3.8, 4) is 17.1 Å². The second-order valence-corrected chi connectivity index (χ2v) is 9.03. The van der Waals surface area contributed by atoms with Gasteiger partial charge in [0.1, 0.15) is 12.4 Å². The van der Waals surface area contributed by atoms with Crippen LogP contribution in [0.5, 0.6) is 5.75 Å². The van der Waals surface area contributed by atoms with Crippen molar-refractivity contribution >= 4 is 22.8 Å². The number of esters is 2. The molecule has 2 aliphatic rings. The lowest BCUT2D eigenvalue weighted by molar-refractivity contribution is -0.188. The molecular formula is C25H25N3O6. The topological polar surface area (TPSA) is 111 Å². The lowest BCUT2D eigenvalue weighted by atomic mass is 9.85. The average Bonchev–Trinajstić information content (AvgIpc) is 3.14. The number of cyclic esters (lactones) is 1. The van der Waals surface area contributed by atoms with Crippen LogP contribution in [0.4, 0.5) is 0 Å². The summed E-state index contributed by atoms with van der Waals surface area (Å²) in [5.74, 6) is -1.13. The quantitative estimate of drug-likeness (QED) is 0.460. The van der Waals surface area contributed by atoms with Crippen molar-refractivity contribution < 1.29 is 24.2 Å². The van der Waals surface area contributed by atoms with Gasteiger partial charge in [0.05, 0.1) is 29.0 Å². The fourth-order valence-corrected chi connectivity index (χ4v) is 4.98. The number of fused-ring (bicyclic) bond motifs is 5. The third-order valence-corrected chi connectivity index (χ3v) is 6.54. The third kappa shape index (κ3) is 3.11. The molecule has 0 bridgehead atoms. The van der Waals surface area contributed by atoms with E-state index in [1.165, 1.54) is 6.92 Å². The number of ether oxygens (including phenoxy) is 2. The number of nitrogens with zero attached hydrogens (tertiary/aromatic N) is 3. The molecule has 0 aliphatic carbocycles. The number of phenolic OH excluding ortho intramolecular Hbond substituents is 1. The van der Waals surface area contributed by atoms with Crippen molar-refractivity contribution in [2.24, 2.45) is 0 Å². The van der Waals surface area contributed by atoms with Crippen LogP contribution < -0.4 is 5.56 Å². The van der Waals surface area contributed by atoms with E-state index < -0.39 is 17.5 Å². The number of hydrogen-bond donors (Lipinski definition) is 1. The van der Waals surface area contributed by atoms with E-state index >= 15 is 0 Å². The Morgan fingerprint density at radius 2 is 2.06 bits per heavy atom. The maximum atomic E-state index is 13.5. The molecule has 2 aliphatic heterocycles. The Kier molecular flexibility index (Phi) is 4.98. The van der Waals surface area contributed by atoms with Gasteiger partial charge in [0.2, 0.25) is 5.60 Å². The molecule has 5 rings (SSSR count). The fraction of sp³-hybridized carbons (Fsp3) is 0.360. The third-order valence-electron chi connectivity index (χ3n) is 6.54. The van der Waals surface area contributed by atoms with Gasteiger partial charge in [-0.3, -0.25) is 9.59 Å². The van der Waals surface area contributed by atoms with Gasteiger partial charge in [0, 0.05) is 35.5 Å². The zero-order valence-electron chi connectivity index (χ0n) is 19.5. The standard InChI is InChI=1S/C25H25N3O6/c1-5-25(34-13(2)29)18-9-20-22-14(10-28(20)23(31)17(18)12-33-24(25)32)8-15-16(11-27(3)4)21(30)7-6-19(15)26-22/h6-9,30H,5,10-12H2,1-4H3/t25-/m0/s1. The van der Waals surface area contributed by atoms with Crippen LogP contribution in [0.3, 0.4) is 0 Å². The van der Waals surface area contributed by atoms with Gasteiger partial charge < -0.3 is 24.0 Å². The van der Waals surface area contributed by atoms with Crippen molar-refractivity contribution in [1.29, 1.82) is 0 Å². The van der Waals surface area contributed by atoms with E-state index in [-0.39, 0.29) is 24.3 Å². The summed E-state index contributed by atoms with van der Waals surface area (Å²) >= 11 is 0. The number of pyridine rings is 2. The van der Waals surface area contributed by atoms with Gasteiger partial charge >= 0.3 is 11.9 Å². The van der Waals surface area contributed by atoms with E-state index in [1.807, 2.05) is 25.1 Å². The molecule has 176 valence electrons. The molecule has 1 atom stereocenters. The van der Waals surface area contributed by atoms with Crippen molar-refractivity contribution in [3.05, 3.63) is 56.9 Å². The molecule has 1 N–H and O–H groups in total. The van der Waals surface area contributed by atoms with Crippen molar-refractivity contribution in [2.45, 2.75) is 45.6 Å². The van der Waals surface area contributed by atoms with Gasteiger partial charge in [-0.2, -0.15) is 0 Å². The Bertz CT molecular complexity index is 1440. The average molecular weight is 463 g/mol. The molecule has 1 aromatic carbocycles. The smallest absolute Gasteiger partial charge is 0.355 e. The lowest BCUT2D eigenvalue weighted by Crippen LogP contribution is -2.47. The Morgan fingerprint density at radius 1 is 1.29 bits per heavy atom. The molecule has 9 heteroatoms. The summed E-state index contributed by atoms with van der Waals surface area (Å²) in [6.07, 6.45) is 0.131. The highest BCUT2D eigenvalue weighted by atomic mass is 16.6. The molecule has 3 aromatic rings. The molecule has 4 heterocycles. The van der Waals surface area contributed by atoms with Crippen LogP contribution in [0.25, 0.3) is 22.3 Å². The summed E-state index contributed by atoms with van der Waals surface area (Å²) in [4.78, 5) is 45.0. The molecule has 0 fully saturated rings. The summed E-state index contributed by atoms with van der Waals surface area (Å²) in [5, 5.41) is 11.3. The van der Waals surface area contributed by atoms with Gasteiger partial charge in [0.25, 0.3) is 5.56 Å². The number of hydrogen-bond acceptors (Lipinski definition) is 8. The van der Waals surface area contributed by atoms with E-state index in [9.17, 15) is 19.5 Å². The van der Waals surface area contributed by atoms with E-state index in [0.717, 1.165) is 16.5 Å². The molecular weight excluding hydrogens is 438 g/mol. The fourth-order valence-electron chi connectivity index (χ4n) is 4.98. The molecule has 0 radical (unpaired) electrons. The number of aromatic nitrogens is 2. The highest BCUT2D eigenvalue weighted by Crippen LogP contribution is 2.41. The second-order valence-electron chi connectivity index (χ2n) is 9.03. The summed E-state index contributed by atoms with van der Waals surface area (Å²) < 4.78 is 12.4. The Labute approximate surface area is 195 Å². The van der Waals surface area contributed by atoms with Gasteiger partial charge in [-0.05, 0) is 44.8 Å². The van der Waals surface area contributed by atoms with E-state index in [2.05, 4.69) is 0 Å². The first-order valence-electron chi connectivity index (χ1n) is 11.1. The van der Waals surface area contributed by atoms with Crippen LogP contribution in [0.15, 0.2) is 29.1 Å². The normalized spacial score (nSPS) is 18.4. The largest absolute Gasteiger partial charge is 0.508 e. The number of benzene rings is 1. The second kappa shape index (κ2) is 7.66. The molecule has 0 saturated carbocycles. The Balaban J connectivity index is 1.75. The van der Waals surface area contributed by atoms with Gasteiger partial charge in [-0.15, -0.1) is 0 Å². The zero-order valence-corrected chi connectivity index (χ0v) is 19.5. The van der Waals surface area contributed by atoms with Crippen LogP contribution >= 0.6 is 0 Å². The lowest BCUT2D eigenvalue weighted by Gasteiger charge is -2.35. The number of carbonyl (C=O) groups is 2. The van der Waals surface area contributed by atoms with Gasteiger partial charge in [0.15, 0.2) is 0 Å². The minimum absolute atomic E-state index is 0.131.